The number of pyridine rings is 2. The maximum absolute atomic E-state index is 12.6. The second-order valence-electron chi connectivity index (χ2n) is 26.1. The zero-order chi connectivity index (χ0) is 88.2. The van der Waals surface area contributed by atoms with Crippen LogP contribution in [0.25, 0.3) is 52.2 Å². The fourth-order valence-corrected chi connectivity index (χ4v) is 15.6. The third-order valence-corrected chi connectivity index (χ3v) is 23.0. The van der Waals surface area contributed by atoms with Gasteiger partial charge in [-0.3, -0.25) is 33.9 Å². The first-order valence-electron chi connectivity index (χ1n) is 36.2. The minimum absolute atomic E-state index is 0.0960. The second-order valence-corrected chi connectivity index (χ2v) is 32.4. The van der Waals surface area contributed by atoms with Gasteiger partial charge >= 0.3 is 24.7 Å². The van der Waals surface area contributed by atoms with Crippen molar-refractivity contribution < 1.29 is 86.5 Å². The van der Waals surface area contributed by atoms with E-state index in [0.29, 0.717) is 84.3 Å². The van der Waals surface area contributed by atoms with Gasteiger partial charge in [-0.2, -0.15) is 52.7 Å². The first-order chi connectivity index (χ1) is 58.5. The number of anilines is 5. The summed E-state index contributed by atoms with van der Waals surface area (Å²) in [4.78, 5) is 75.3. The van der Waals surface area contributed by atoms with Crippen molar-refractivity contribution in [1.29, 1.82) is 0 Å². The Labute approximate surface area is 724 Å². The minimum atomic E-state index is -4.37. The largest absolute Gasteiger partial charge is 0.508 e. The number of alkyl halides is 12. The van der Waals surface area contributed by atoms with Crippen molar-refractivity contribution in [2.45, 2.75) is 44.7 Å². The molecular weight excluding hydrogens is 1750 g/mol. The number of nitrogens with one attached hydrogen (secondary N) is 5. The van der Waals surface area contributed by atoms with Crippen LogP contribution in [-0.2, 0) is 24.7 Å². The van der Waals surface area contributed by atoms with Crippen molar-refractivity contribution >= 4 is 138 Å². The fraction of sp³-hybridized carbons (Fsp3) is 0.0778. The van der Waals surface area contributed by atoms with Crippen molar-refractivity contribution in [2.75, 3.05) is 26.6 Å². The van der Waals surface area contributed by atoms with Crippen LogP contribution in [0.4, 0.5) is 81.1 Å². The molecule has 5 amide bonds. The number of rotatable bonds is 17. The Hall–Kier alpha value is -12.8. The predicted molar refractivity (Wildman–Crippen MR) is 464 cm³/mol. The van der Waals surface area contributed by atoms with Gasteiger partial charge in [0.05, 0.1) is 64.6 Å². The Bertz CT molecular complexity index is 5740. The molecule has 7 heterocycles. The molecule has 123 heavy (non-hydrogen) atoms. The summed E-state index contributed by atoms with van der Waals surface area (Å²) in [5.74, 6) is -0.358. The number of carbonyl (C=O) groups is 5. The van der Waals surface area contributed by atoms with Crippen LogP contribution in [-0.4, -0.2) is 50.7 Å². The third kappa shape index (κ3) is 26.9. The molecule has 0 saturated carbocycles. The molecule has 33 heteroatoms. The monoisotopic (exact) mass is 1810 g/mol. The van der Waals surface area contributed by atoms with Crippen LogP contribution in [0, 0.1) is 0 Å². The molecule has 14 nitrogen and oxygen atoms in total. The average molecular weight is 1810 g/mol. The number of amides is 5. The van der Waals surface area contributed by atoms with Gasteiger partial charge < -0.3 is 36.4 Å². The van der Waals surface area contributed by atoms with E-state index in [0.717, 1.165) is 85.0 Å². The van der Waals surface area contributed by atoms with Gasteiger partial charge in [0.25, 0.3) is 29.5 Å². The van der Waals surface area contributed by atoms with Crippen LogP contribution in [0.5, 0.6) is 11.5 Å². The van der Waals surface area contributed by atoms with E-state index in [1.807, 2.05) is 50.2 Å². The highest BCUT2D eigenvalue weighted by molar-refractivity contribution is 7.19. The molecule has 6 N–H and O–H groups in total. The molecule has 0 aliphatic heterocycles. The van der Waals surface area contributed by atoms with Crippen molar-refractivity contribution in [3.8, 4) is 63.7 Å². The molecule has 0 aliphatic rings. The molecule has 0 saturated heterocycles. The molecule has 0 atom stereocenters. The maximum Gasteiger partial charge on any atom is 0.416 e. The molecule has 8 aromatic carbocycles. The SMILES string of the molecule is CC(C)Oc1ccc(-c2ccc(C(=O)Nc3ccc(Cl)cc3)s2)cc1.O=C(Nc1ccc(Cl)cc1)c1ccc(-c2ccc(C(F)(F)F)cc2)s1.O=C(Nc1ccc(O)cc1)c1ccc(-c2ccc(C(F)(F)F)cc2)s1.O=C(Nc1cccnc1)c1ccc(-c2ccc(C(F)(F)F)cc2)s1.O=C(Nc1ccncc1)c1ccc(-c2ccc(C(F)(F)F)cc2)s1. The summed E-state index contributed by atoms with van der Waals surface area (Å²) in [5.41, 5.74) is 3.83. The third-order valence-electron chi connectivity index (χ3n) is 16.8. The summed E-state index contributed by atoms with van der Waals surface area (Å²) in [6, 6.07) is 71.1. The highest BCUT2D eigenvalue weighted by Gasteiger charge is 2.33. The lowest BCUT2D eigenvalue weighted by Gasteiger charge is -2.09. The second kappa shape index (κ2) is 41.2. The summed E-state index contributed by atoms with van der Waals surface area (Å²) in [7, 11) is 0. The summed E-state index contributed by atoms with van der Waals surface area (Å²) in [6.07, 6.45) is -11.0. The van der Waals surface area contributed by atoms with Gasteiger partial charge in [0.1, 0.15) is 11.5 Å². The molecule has 0 fully saturated rings. The first-order valence-corrected chi connectivity index (χ1v) is 41.0. The Morgan fingerprint density at radius 3 is 0.813 bits per heavy atom. The van der Waals surface area contributed by atoms with E-state index < -0.39 is 47.0 Å². The van der Waals surface area contributed by atoms with E-state index in [4.69, 9.17) is 27.9 Å². The van der Waals surface area contributed by atoms with Crippen LogP contribution < -0.4 is 31.3 Å². The van der Waals surface area contributed by atoms with Gasteiger partial charge in [0, 0.05) is 75.8 Å². The average Bonchev–Trinajstić information content (AvgIpc) is 1.75. The number of thiophene rings is 5. The number of ether oxygens (including phenoxy) is 1. The van der Waals surface area contributed by atoms with E-state index in [9.17, 15) is 81.8 Å². The fourth-order valence-electron chi connectivity index (χ4n) is 10.8. The van der Waals surface area contributed by atoms with Gasteiger partial charge in [-0.1, -0.05) is 71.7 Å². The lowest BCUT2D eigenvalue weighted by molar-refractivity contribution is -0.138. The van der Waals surface area contributed by atoms with Crippen LogP contribution in [0.2, 0.25) is 10.0 Å². The molecule has 628 valence electrons. The number of phenols is 1. The molecular formula is C90H63Cl2F12N7O7S5. The number of hydrogen-bond acceptors (Lipinski definition) is 14. The molecule has 15 rings (SSSR count). The number of hydrogen-bond donors (Lipinski definition) is 6. The van der Waals surface area contributed by atoms with Crippen molar-refractivity contribution in [1.82, 2.24) is 9.97 Å². The predicted octanol–water partition coefficient (Wildman–Crippen LogP) is 28.0. The van der Waals surface area contributed by atoms with Gasteiger partial charge in [0.15, 0.2) is 0 Å². The molecule has 0 aliphatic carbocycles. The molecule has 15 aromatic rings. The molecule has 7 aromatic heterocycles. The number of aromatic hydroxyl groups is 1. The van der Waals surface area contributed by atoms with Crippen LogP contribution in [0.3, 0.4) is 0 Å². The zero-order valence-corrected chi connectivity index (χ0v) is 69.2. The first kappa shape index (κ1) is 91.0. The Balaban J connectivity index is 0.000000150. The number of benzene rings is 8. The Morgan fingerprint density at radius 1 is 0.309 bits per heavy atom. The van der Waals surface area contributed by atoms with Crippen molar-refractivity contribution in [2.24, 2.45) is 0 Å². The van der Waals surface area contributed by atoms with E-state index in [1.54, 1.807) is 152 Å². The quantitative estimate of drug-likeness (QED) is 0.0379. The van der Waals surface area contributed by atoms with Crippen LogP contribution in [0.15, 0.2) is 304 Å². The normalized spacial score (nSPS) is 11.2. The van der Waals surface area contributed by atoms with Crippen molar-refractivity contribution in [3.05, 3.63) is 361 Å². The van der Waals surface area contributed by atoms with Gasteiger partial charge in [-0.25, -0.2) is 0 Å². The van der Waals surface area contributed by atoms with Crippen molar-refractivity contribution in [3.63, 3.8) is 0 Å². The minimum Gasteiger partial charge on any atom is -0.508 e. The molecule has 0 bridgehead atoms. The smallest absolute Gasteiger partial charge is 0.416 e. The number of aromatic nitrogens is 2. The molecule has 0 spiro atoms. The van der Waals surface area contributed by atoms with Gasteiger partial charge in [-0.05, 0) is 272 Å². The summed E-state index contributed by atoms with van der Waals surface area (Å²) >= 11 is 17.9. The molecule has 0 radical (unpaired) electrons. The highest BCUT2D eigenvalue weighted by Crippen LogP contribution is 2.40. The van der Waals surface area contributed by atoms with E-state index in [2.05, 4.69) is 36.6 Å². The number of halogens is 14. The van der Waals surface area contributed by atoms with Crippen LogP contribution >= 0.6 is 79.9 Å². The summed E-state index contributed by atoms with van der Waals surface area (Å²) < 4.78 is 157. The summed E-state index contributed by atoms with van der Waals surface area (Å²) in [5, 5.41) is 24.2. The van der Waals surface area contributed by atoms with E-state index in [-0.39, 0.29) is 41.4 Å². The highest BCUT2D eigenvalue weighted by atomic mass is 35.5. The Kier molecular flexibility index (Phi) is 30.5. The number of nitrogens with zero attached hydrogens (tertiary/aromatic N) is 2. The number of phenolic OH excluding ortho intramolecular Hbond substituents is 1. The lowest BCUT2D eigenvalue weighted by Crippen LogP contribution is -2.09. The van der Waals surface area contributed by atoms with Gasteiger partial charge in [-0.15, -0.1) is 56.7 Å². The Morgan fingerprint density at radius 2 is 0.561 bits per heavy atom. The summed E-state index contributed by atoms with van der Waals surface area (Å²) in [6.45, 7) is 4.00. The molecule has 0 unspecified atom stereocenters. The van der Waals surface area contributed by atoms with Crippen LogP contribution in [0.1, 0.15) is 84.5 Å². The van der Waals surface area contributed by atoms with E-state index in [1.165, 1.54) is 124 Å². The zero-order valence-electron chi connectivity index (χ0n) is 63.6. The topological polar surface area (TPSA) is 201 Å². The maximum atomic E-state index is 12.6. The lowest BCUT2D eigenvalue weighted by atomic mass is 10.1. The number of carbonyl (C=O) groups excluding carboxylic acids is 5. The van der Waals surface area contributed by atoms with Gasteiger partial charge in [0.2, 0.25) is 0 Å². The van der Waals surface area contributed by atoms with E-state index >= 15 is 0 Å². The standard InChI is InChI=1S/C20H18ClNO2S.C18H11ClF3NOS.C18H12F3NO2S.2C17H11F3N2OS/c1-13(2)24-17-9-3-14(4-10-17)18-11-12-19(25-18)20(23)22-16-7-5-15(21)6-8-16;19-13-5-7-14(8-6-13)23-17(24)16-10-9-15(25-16)11-1-3-12(4-2-11)18(20,21)22;19-18(20,21)12-3-1-11(2-4-12)15-9-10-16(25-15)17(24)22-13-5-7-14(23)8-6-13;18-17(19,20)12-3-1-11(2-4-12)14-5-6-15(24-14)16(23)22-13-7-9-21-10-8-13;18-17(19,20)12-5-3-11(4-6-12)14-7-8-15(24-14)16(23)22-13-2-1-9-21-10-13/h3-13H,1-2H3,(H,22,23);1-10H,(H,23,24);1-10,23H,(H,22,24);1-10H,(H,21,22,23);1-10H,(H,22,23).